The Morgan fingerprint density at radius 2 is 2.00 bits per heavy atom. The average Bonchev–Trinajstić information content (AvgIpc) is 2.43. The van der Waals surface area contributed by atoms with Gasteiger partial charge in [0.2, 0.25) is 0 Å². The average molecular weight is 448 g/mol. The fourth-order valence-electron chi connectivity index (χ4n) is 2.20. The molecule has 1 nitrogen and oxygen atoms in total. The maximum absolute atomic E-state index is 13.3. The number of benzene rings is 2. The van der Waals surface area contributed by atoms with Gasteiger partial charge < -0.3 is 5.32 Å². The molecule has 1 unspecified atom stereocenters. The third-order valence-corrected chi connectivity index (χ3v) is 4.75. The van der Waals surface area contributed by atoms with Crippen LogP contribution in [-0.4, -0.2) is 6.54 Å². The van der Waals surface area contributed by atoms with E-state index >= 15 is 0 Å². The van der Waals surface area contributed by atoms with Crippen LogP contribution in [0.15, 0.2) is 46.9 Å². The van der Waals surface area contributed by atoms with Gasteiger partial charge in [-0.1, -0.05) is 31.2 Å². The maximum atomic E-state index is 13.3. The van der Waals surface area contributed by atoms with Crippen molar-refractivity contribution in [3.8, 4) is 0 Å². The van der Waals surface area contributed by atoms with Crippen LogP contribution in [0.1, 0.15) is 24.1 Å². The van der Waals surface area contributed by atoms with Crippen LogP contribution in [0.4, 0.5) is 4.39 Å². The SMILES string of the molecule is CCNC(Cc1ccc(F)c(Br)c1)c1ccccc1I. The Morgan fingerprint density at radius 1 is 1.25 bits per heavy atom. The van der Waals surface area contributed by atoms with Crippen molar-refractivity contribution in [2.24, 2.45) is 0 Å². The zero-order valence-corrected chi connectivity index (χ0v) is 14.9. The predicted molar refractivity (Wildman–Crippen MR) is 93.4 cm³/mol. The maximum Gasteiger partial charge on any atom is 0.137 e. The number of nitrogens with one attached hydrogen (secondary N) is 1. The molecule has 1 N–H and O–H groups in total. The first-order valence-electron chi connectivity index (χ1n) is 6.53. The third-order valence-electron chi connectivity index (χ3n) is 3.16. The van der Waals surface area contributed by atoms with E-state index in [0.717, 1.165) is 18.5 Å². The fourth-order valence-corrected chi connectivity index (χ4v) is 3.39. The third kappa shape index (κ3) is 4.02. The van der Waals surface area contributed by atoms with Gasteiger partial charge in [0.25, 0.3) is 0 Å². The van der Waals surface area contributed by atoms with Gasteiger partial charge >= 0.3 is 0 Å². The molecule has 2 aromatic rings. The summed E-state index contributed by atoms with van der Waals surface area (Å²) < 4.78 is 15.1. The molecular formula is C16H16BrFIN. The Kier molecular flexibility index (Phi) is 5.99. The molecule has 0 spiro atoms. The summed E-state index contributed by atoms with van der Waals surface area (Å²) in [4.78, 5) is 0. The normalized spacial score (nSPS) is 12.4. The lowest BCUT2D eigenvalue weighted by atomic mass is 9.99. The van der Waals surface area contributed by atoms with Gasteiger partial charge in [0.1, 0.15) is 5.82 Å². The minimum atomic E-state index is -0.219. The summed E-state index contributed by atoms with van der Waals surface area (Å²) in [6.07, 6.45) is 0.840. The fraction of sp³-hybridized carbons (Fsp3) is 0.250. The first-order valence-corrected chi connectivity index (χ1v) is 8.40. The highest BCUT2D eigenvalue weighted by atomic mass is 127. The van der Waals surface area contributed by atoms with Gasteiger partial charge in [0.05, 0.1) is 4.47 Å². The van der Waals surface area contributed by atoms with E-state index in [1.165, 1.54) is 15.2 Å². The van der Waals surface area contributed by atoms with Crippen LogP contribution in [0.3, 0.4) is 0 Å². The van der Waals surface area contributed by atoms with Gasteiger partial charge in [-0.05, 0) is 80.8 Å². The van der Waals surface area contributed by atoms with Gasteiger partial charge in [0.15, 0.2) is 0 Å². The van der Waals surface area contributed by atoms with Gasteiger partial charge in [-0.2, -0.15) is 0 Å². The largest absolute Gasteiger partial charge is 0.310 e. The molecule has 20 heavy (non-hydrogen) atoms. The highest BCUT2D eigenvalue weighted by Gasteiger charge is 2.14. The molecule has 0 bridgehead atoms. The summed E-state index contributed by atoms with van der Waals surface area (Å²) in [7, 11) is 0. The Morgan fingerprint density at radius 3 is 2.65 bits per heavy atom. The van der Waals surface area contributed by atoms with Crippen molar-refractivity contribution in [1.29, 1.82) is 0 Å². The minimum absolute atomic E-state index is 0.219. The minimum Gasteiger partial charge on any atom is -0.310 e. The lowest BCUT2D eigenvalue weighted by Gasteiger charge is -2.20. The van der Waals surface area contributed by atoms with E-state index in [2.05, 4.69) is 69.0 Å². The number of halogens is 3. The quantitative estimate of drug-likeness (QED) is 0.629. The Balaban J connectivity index is 2.25. The molecule has 0 fully saturated rings. The van der Waals surface area contributed by atoms with E-state index in [1.54, 1.807) is 0 Å². The van der Waals surface area contributed by atoms with Crippen LogP contribution in [0.5, 0.6) is 0 Å². The highest BCUT2D eigenvalue weighted by molar-refractivity contribution is 14.1. The van der Waals surface area contributed by atoms with Crippen LogP contribution in [0, 0.1) is 9.39 Å². The molecule has 0 aliphatic rings. The van der Waals surface area contributed by atoms with E-state index in [1.807, 2.05) is 18.2 Å². The molecular weight excluding hydrogens is 432 g/mol. The molecule has 2 rings (SSSR count). The number of hydrogen-bond acceptors (Lipinski definition) is 1. The van der Waals surface area contributed by atoms with Crippen molar-refractivity contribution < 1.29 is 4.39 Å². The molecule has 0 aliphatic carbocycles. The van der Waals surface area contributed by atoms with Crippen LogP contribution in [0.25, 0.3) is 0 Å². The van der Waals surface area contributed by atoms with Gasteiger partial charge in [-0.25, -0.2) is 4.39 Å². The lowest BCUT2D eigenvalue weighted by Crippen LogP contribution is -2.23. The second-order valence-electron chi connectivity index (χ2n) is 4.58. The summed E-state index contributed by atoms with van der Waals surface area (Å²) in [5, 5.41) is 3.51. The number of rotatable bonds is 5. The van der Waals surface area contributed by atoms with Crippen molar-refractivity contribution in [2.75, 3.05) is 6.54 Å². The summed E-state index contributed by atoms with van der Waals surface area (Å²) in [6, 6.07) is 13.8. The van der Waals surface area contributed by atoms with Crippen LogP contribution in [0.2, 0.25) is 0 Å². The van der Waals surface area contributed by atoms with Crippen molar-refractivity contribution in [3.05, 3.63) is 67.5 Å². The zero-order valence-electron chi connectivity index (χ0n) is 11.2. The number of likely N-dealkylation sites (N-methyl/N-ethyl adjacent to an activating group) is 1. The molecule has 0 amide bonds. The Labute approximate surface area is 141 Å². The van der Waals surface area contributed by atoms with Crippen molar-refractivity contribution in [2.45, 2.75) is 19.4 Å². The molecule has 0 saturated carbocycles. The highest BCUT2D eigenvalue weighted by Crippen LogP contribution is 2.25. The second kappa shape index (κ2) is 7.52. The molecule has 1 atom stereocenters. The molecule has 4 heteroatoms. The molecule has 2 aromatic carbocycles. The van der Waals surface area contributed by atoms with Crippen LogP contribution in [-0.2, 0) is 6.42 Å². The van der Waals surface area contributed by atoms with Crippen molar-refractivity contribution in [3.63, 3.8) is 0 Å². The molecule has 0 aliphatic heterocycles. The summed E-state index contributed by atoms with van der Waals surface area (Å²) in [5.74, 6) is -0.219. The molecule has 0 heterocycles. The van der Waals surface area contributed by atoms with Gasteiger partial charge in [-0.3, -0.25) is 0 Å². The van der Waals surface area contributed by atoms with E-state index in [9.17, 15) is 4.39 Å². The molecule has 0 saturated heterocycles. The van der Waals surface area contributed by atoms with E-state index in [-0.39, 0.29) is 11.9 Å². The van der Waals surface area contributed by atoms with Crippen LogP contribution < -0.4 is 5.32 Å². The van der Waals surface area contributed by atoms with Crippen LogP contribution >= 0.6 is 38.5 Å². The first kappa shape index (κ1) is 15.9. The Hall–Kier alpha value is -0.460. The monoisotopic (exact) mass is 447 g/mol. The summed E-state index contributed by atoms with van der Waals surface area (Å²) in [5.41, 5.74) is 2.40. The smallest absolute Gasteiger partial charge is 0.137 e. The summed E-state index contributed by atoms with van der Waals surface area (Å²) >= 11 is 5.61. The Bertz CT molecular complexity index is 588. The molecule has 0 radical (unpaired) electrons. The topological polar surface area (TPSA) is 12.0 Å². The molecule has 0 aromatic heterocycles. The van der Waals surface area contributed by atoms with E-state index in [0.29, 0.717) is 4.47 Å². The van der Waals surface area contributed by atoms with E-state index in [4.69, 9.17) is 0 Å². The van der Waals surface area contributed by atoms with Gasteiger partial charge in [0, 0.05) is 9.61 Å². The summed E-state index contributed by atoms with van der Waals surface area (Å²) in [6.45, 7) is 3.00. The van der Waals surface area contributed by atoms with Gasteiger partial charge in [-0.15, -0.1) is 0 Å². The van der Waals surface area contributed by atoms with Crippen molar-refractivity contribution >= 4 is 38.5 Å². The van der Waals surface area contributed by atoms with Crippen molar-refractivity contribution in [1.82, 2.24) is 5.32 Å². The number of hydrogen-bond donors (Lipinski definition) is 1. The zero-order chi connectivity index (χ0) is 14.5. The van der Waals surface area contributed by atoms with E-state index < -0.39 is 0 Å². The molecule has 106 valence electrons. The lowest BCUT2D eigenvalue weighted by molar-refractivity contribution is 0.546. The standard InChI is InChI=1S/C16H16BrFIN/c1-2-20-16(12-5-3-4-6-15(12)19)10-11-7-8-14(18)13(17)9-11/h3-9,16,20H,2,10H2,1H3. The second-order valence-corrected chi connectivity index (χ2v) is 6.60. The predicted octanol–water partition coefficient (Wildman–Crippen LogP) is 5.09. The first-order chi connectivity index (χ1) is 9.61.